The van der Waals surface area contributed by atoms with Crippen LogP contribution in [-0.4, -0.2) is 47.0 Å². The Morgan fingerprint density at radius 1 is 1.56 bits per heavy atom. The maximum Gasteiger partial charge on any atom is 0.145 e. The molecule has 2 unspecified atom stereocenters. The first-order valence-electron chi connectivity index (χ1n) is 5.96. The van der Waals surface area contributed by atoms with Crippen LogP contribution in [0.3, 0.4) is 0 Å². The van der Waals surface area contributed by atoms with E-state index in [1.54, 1.807) is 6.07 Å². The van der Waals surface area contributed by atoms with E-state index in [1.165, 1.54) is 0 Å². The van der Waals surface area contributed by atoms with Gasteiger partial charge in [0.2, 0.25) is 0 Å². The van der Waals surface area contributed by atoms with E-state index in [0.29, 0.717) is 18.2 Å². The number of rotatable bonds is 3. The van der Waals surface area contributed by atoms with Crippen molar-refractivity contribution in [3.05, 3.63) is 11.9 Å². The standard InChI is InChI=1S/C11H19N5O2/c1-7-4-16(5-9(6-17)18-7)11-3-10(15-12)13-8(2)14-11/h3,7,9,17H,4-6,12H2,1-2H3,(H,13,14,15). The van der Waals surface area contributed by atoms with E-state index in [-0.39, 0.29) is 18.8 Å². The smallest absolute Gasteiger partial charge is 0.145 e. The highest BCUT2D eigenvalue weighted by Crippen LogP contribution is 2.20. The molecule has 4 N–H and O–H groups in total. The fourth-order valence-electron chi connectivity index (χ4n) is 2.12. The normalized spacial score (nSPS) is 24.1. The van der Waals surface area contributed by atoms with Gasteiger partial charge in [-0.15, -0.1) is 0 Å². The molecule has 0 aromatic carbocycles. The second-order valence-electron chi connectivity index (χ2n) is 4.46. The third-order valence-electron chi connectivity index (χ3n) is 2.83. The van der Waals surface area contributed by atoms with Crippen molar-refractivity contribution in [3.8, 4) is 0 Å². The van der Waals surface area contributed by atoms with Gasteiger partial charge in [-0.3, -0.25) is 0 Å². The van der Waals surface area contributed by atoms with Crippen LogP contribution in [0.1, 0.15) is 12.7 Å². The van der Waals surface area contributed by atoms with Crippen LogP contribution < -0.4 is 16.2 Å². The second-order valence-corrected chi connectivity index (χ2v) is 4.46. The van der Waals surface area contributed by atoms with E-state index >= 15 is 0 Å². The van der Waals surface area contributed by atoms with Crippen molar-refractivity contribution < 1.29 is 9.84 Å². The molecule has 1 aliphatic rings. The monoisotopic (exact) mass is 253 g/mol. The number of hydrogen-bond acceptors (Lipinski definition) is 7. The number of nitrogens with one attached hydrogen (secondary N) is 1. The molecule has 100 valence electrons. The zero-order chi connectivity index (χ0) is 13.1. The van der Waals surface area contributed by atoms with Gasteiger partial charge in [-0.05, 0) is 13.8 Å². The molecule has 0 radical (unpaired) electrons. The van der Waals surface area contributed by atoms with Gasteiger partial charge < -0.3 is 20.2 Å². The molecule has 0 spiro atoms. The molecule has 1 aliphatic heterocycles. The number of hydrazine groups is 1. The third-order valence-corrected chi connectivity index (χ3v) is 2.83. The van der Waals surface area contributed by atoms with Gasteiger partial charge in [0, 0.05) is 19.2 Å². The Kier molecular flexibility index (Phi) is 3.95. The molecule has 1 saturated heterocycles. The summed E-state index contributed by atoms with van der Waals surface area (Å²) >= 11 is 0. The van der Waals surface area contributed by atoms with Crippen LogP contribution in [0.15, 0.2) is 6.07 Å². The summed E-state index contributed by atoms with van der Waals surface area (Å²) in [6.45, 7) is 5.15. The summed E-state index contributed by atoms with van der Waals surface area (Å²) in [5, 5.41) is 9.21. The summed E-state index contributed by atoms with van der Waals surface area (Å²) in [7, 11) is 0. The summed E-state index contributed by atoms with van der Waals surface area (Å²) in [5.74, 6) is 7.40. The van der Waals surface area contributed by atoms with Gasteiger partial charge in [0.05, 0.1) is 18.8 Å². The van der Waals surface area contributed by atoms with Gasteiger partial charge in [-0.2, -0.15) is 0 Å². The largest absolute Gasteiger partial charge is 0.394 e. The van der Waals surface area contributed by atoms with Gasteiger partial charge >= 0.3 is 0 Å². The highest BCUT2D eigenvalue weighted by atomic mass is 16.5. The maximum absolute atomic E-state index is 9.21. The predicted octanol–water partition coefficient (Wildman–Crippen LogP) is -0.343. The first-order valence-corrected chi connectivity index (χ1v) is 5.96. The molecular weight excluding hydrogens is 234 g/mol. The van der Waals surface area contributed by atoms with E-state index in [1.807, 2.05) is 13.8 Å². The lowest BCUT2D eigenvalue weighted by Crippen LogP contribution is -2.48. The first-order chi connectivity index (χ1) is 8.62. The molecule has 1 aromatic rings. The van der Waals surface area contributed by atoms with Crippen LogP contribution in [-0.2, 0) is 4.74 Å². The van der Waals surface area contributed by atoms with Crippen molar-refractivity contribution in [1.82, 2.24) is 9.97 Å². The number of aliphatic hydroxyl groups excluding tert-OH is 1. The number of morpholine rings is 1. The quantitative estimate of drug-likeness (QED) is 0.500. The zero-order valence-corrected chi connectivity index (χ0v) is 10.6. The van der Waals surface area contributed by atoms with Crippen LogP contribution in [0.5, 0.6) is 0 Å². The minimum absolute atomic E-state index is 0.00685. The van der Waals surface area contributed by atoms with Gasteiger partial charge in [0.15, 0.2) is 0 Å². The fourth-order valence-corrected chi connectivity index (χ4v) is 2.12. The molecule has 2 atom stereocenters. The van der Waals surface area contributed by atoms with Gasteiger partial charge in [0.1, 0.15) is 17.5 Å². The molecular formula is C11H19N5O2. The maximum atomic E-state index is 9.21. The lowest BCUT2D eigenvalue weighted by Gasteiger charge is -2.36. The Morgan fingerprint density at radius 2 is 2.33 bits per heavy atom. The SMILES string of the molecule is Cc1nc(NN)cc(N2CC(C)OC(CO)C2)n1. The van der Waals surface area contributed by atoms with Crippen LogP contribution in [0.4, 0.5) is 11.6 Å². The second kappa shape index (κ2) is 5.47. The molecule has 7 nitrogen and oxygen atoms in total. The number of hydrogen-bond donors (Lipinski definition) is 3. The van der Waals surface area contributed by atoms with Gasteiger partial charge in [0.25, 0.3) is 0 Å². The van der Waals surface area contributed by atoms with E-state index in [2.05, 4.69) is 20.3 Å². The Hall–Kier alpha value is -1.44. The molecule has 2 heterocycles. The highest BCUT2D eigenvalue weighted by molar-refractivity contribution is 5.49. The summed E-state index contributed by atoms with van der Waals surface area (Å²) in [6, 6.07) is 1.79. The topological polar surface area (TPSA) is 96.5 Å². The minimum atomic E-state index is -0.182. The number of aliphatic hydroxyl groups is 1. The van der Waals surface area contributed by atoms with Crippen molar-refractivity contribution in [3.63, 3.8) is 0 Å². The van der Waals surface area contributed by atoms with Crippen LogP contribution in [0.25, 0.3) is 0 Å². The van der Waals surface area contributed by atoms with Crippen molar-refractivity contribution in [1.29, 1.82) is 0 Å². The van der Waals surface area contributed by atoms with Crippen LogP contribution in [0.2, 0.25) is 0 Å². The summed E-state index contributed by atoms with van der Waals surface area (Å²) in [5.41, 5.74) is 2.53. The summed E-state index contributed by atoms with van der Waals surface area (Å²) in [4.78, 5) is 10.6. The van der Waals surface area contributed by atoms with Crippen molar-refractivity contribution in [2.24, 2.45) is 5.84 Å². The van der Waals surface area contributed by atoms with Crippen molar-refractivity contribution in [2.45, 2.75) is 26.1 Å². The number of aromatic nitrogens is 2. The first kappa shape index (κ1) is 13.0. The predicted molar refractivity (Wildman–Crippen MR) is 68.2 cm³/mol. The Labute approximate surface area is 106 Å². The zero-order valence-electron chi connectivity index (χ0n) is 10.6. The molecule has 18 heavy (non-hydrogen) atoms. The van der Waals surface area contributed by atoms with Crippen molar-refractivity contribution >= 4 is 11.6 Å². The molecule has 0 saturated carbocycles. The summed E-state index contributed by atoms with van der Waals surface area (Å²) in [6.07, 6.45) is -0.126. The van der Waals surface area contributed by atoms with E-state index < -0.39 is 0 Å². The Bertz CT molecular complexity index is 414. The lowest BCUT2D eigenvalue weighted by atomic mass is 10.2. The van der Waals surface area contributed by atoms with E-state index in [4.69, 9.17) is 10.6 Å². The molecule has 0 bridgehead atoms. The average molecular weight is 253 g/mol. The number of ether oxygens (including phenoxy) is 1. The molecule has 0 amide bonds. The lowest BCUT2D eigenvalue weighted by molar-refractivity contribution is -0.0423. The average Bonchev–Trinajstić information content (AvgIpc) is 2.37. The fraction of sp³-hybridized carbons (Fsp3) is 0.636. The minimum Gasteiger partial charge on any atom is -0.394 e. The van der Waals surface area contributed by atoms with E-state index in [0.717, 1.165) is 12.4 Å². The molecule has 2 rings (SSSR count). The number of anilines is 2. The number of nitrogens with two attached hydrogens (primary N) is 1. The molecule has 1 aromatic heterocycles. The molecule has 7 heteroatoms. The Balaban J connectivity index is 2.21. The number of aryl methyl sites for hydroxylation is 1. The number of nitrogen functional groups attached to an aromatic ring is 1. The molecule has 1 fully saturated rings. The van der Waals surface area contributed by atoms with Crippen molar-refractivity contribution in [2.75, 3.05) is 30.0 Å². The van der Waals surface area contributed by atoms with Crippen LogP contribution in [0, 0.1) is 6.92 Å². The van der Waals surface area contributed by atoms with Gasteiger partial charge in [-0.1, -0.05) is 0 Å². The van der Waals surface area contributed by atoms with Gasteiger partial charge in [-0.25, -0.2) is 15.8 Å². The highest BCUT2D eigenvalue weighted by Gasteiger charge is 2.26. The van der Waals surface area contributed by atoms with E-state index in [9.17, 15) is 5.11 Å². The van der Waals surface area contributed by atoms with Crippen LogP contribution >= 0.6 is 0 Å². The molecule has 0 aliphatic carbocycles. The third kappa shape index (κ3) is 2.87. The Morgan fingerprint density at radius 3 is 3.00 bits per heavy atom. The summed E-state index contributed by atoms with van der Waals surface area (Å²) < 4.78 is 5.60. The number of nitrogens with zero attached hydrogens (tertiary/aromatic N) is 3.